The van der Waals surface area contributed by atoms with Gasteiger partial charge in [0.15, 0.2) is 0 Å². The van der Waals surface area contributed by atoms with Crippen molar-refractivity contribution >= 4 is 39.1 Å². The summed E-state index contributed by atoms with van der Waals surface area (Å²) in [6.07, 6.45) is 3.67. The lowest BCUT2D eigenvalue weighted by atomic mass is 10.2. The van der Waals surface area contributed by atoms with E-state index in [4.69, 9.17) is 4.74 Å². The maximum Gasteiger partial charge on any atom is 0.244 e. The molecule has 0 spiro atoms. The fraction of sp³-hybridized carbons (Fsp3) is 0.167. The maximum absolute atomic E-state index is 11.7. The predicted octanol–water partition coefficient (Wildman–Crippen LogP) is 3.03. The molecule has 0 bridgehead atoms. The van der Waals surface area contributed by atoms with Gasteiger partial charge in [0, 0.05) is 5.56 Å². The van der Waals surface area contributed by atoms with Crippen molar-refractivity contribution in [3.63, 3.8) is 0 Å². The molecule has 1 aliphatic rings. The maximum atomic E-state index is 11.7. The van der Waals surface area contributed by atoms with Gasteiger partial charge in [-0.25, -0.2) is 4.99 Å². The van der Waals surface area contributed by atoms with Gasteiger partial charge in [0.25, 0.3) is 0 Å². The molecule has 1 aromatic carbocycles. The third-order valence-electron chi connectivity index (χ3n) is 2.21. The first-order chi connectivity index (χ1) is 8.24. The molecule has 1 aromatic rings. The van der Waals surface area contributed by atoms with Crippen molar-refractivity contribution in [2.45, 2.75) is 0 Å². The summed E-state index contributed by atoms with van der Waals surface area (Å²) in [6, 6.07) is 7.55. The van der Waals surface area contributed by atoms with E-state index in [1.54, 1.807) is 13.2 Å². The summed E-state index contributed by atoms with van der Waals surface area (Å²) >= 11 is 2.65. The zero-order valence-electron chi connectivity index (χ0n) is 9.47. The van der Waals surface area contributed by atoms with Gasteiger partial charge in [0.2, 0.25) is 5.12 Å². The molecule has 2 rings (SSSR count). The lowest BCUT2D eigenvalue weighted by molar-refractivity contribution is -0.107. The minimum Gasteiger partial charge on any atom is -0.496 e. The highest BCUT2D eigenvalue weighted by Gasteiger charge is 2.21. The van der Waals surface area contributed by atoms with Crippen LogP contribution in [-0.2, 0) is 4.79 Å². The second-order valence-corrected chi connectivity index (χ2v) is 5.26. The first kappa shape index (κ1) is 12.3. The van der Waals surface area contributed by atoms with Crippen molar-refractivity contribution in [2.24, 2.45) is 4.99 Å². The molecule has 0 saturated carbocycles. The molecular weight excluding hydrogens is 254 g/mol. The molecular formula is C12H11NO2S2. The van der Waals surface area contributed by atoms with E-state index in [0.29, 0.717) is 5.70 Å². The highest BCUT2D eigenvalue weighted by molar-refractivity contribution is 8.45. The third kappa shape index (κ3) is 2.73. The third-order valence-corrected chi connectivity index (χ3v) is 4.06. The monoisotopic (exact) mass is 265 g/mol. The van der Waals surface area contributed by atoms with Gasteiger partial charge in [-0.15, -0.1) is 11.8 Å². The molecule has 3 nitrogen and oxygen atoms in total. The second kappa shape index (κ2) is 5.42. The van der Waals surface area contributed by atoms with Crippen molar-refractivity contribution in [3.8, 4) is 5.75 Å². The van der Waals surface area contributed by atoms with Crippen LogP contribution in [-0.4, -0.2) is 22.9 Å². The summed E-state index contributed by atoms with van der Waals surface area (Å²) in [6.45, 7) is 0. The average Bonchev–Trinajstić information content (AvgIpc) is 2.71. The minimum atomic E-state index is -0.0137. The molecule has 88 valence electrons. The Labute approximate surface area is 108 Å². The van der Waals surface area contributed by atoms with E-state index in [1.807, 2.05) is 30.5 Å². The standard InChI is InChI=1S/C12H11NO2S2/c1-15-10-6-4-3-5-8(10)7-9-11(14)17-12(13-9)16-2/h3-7H,1-2H3/b9-7-. The highest BCUT2D eigenvalue weighted by Crippen LogP contribution is 2.31. The van der Waals surface area contributed by atoms with Crippen LogP contribution in [0, 0.1) is 0 Å². The molecule has 0 saturated heterocycles. The molecule has 1 heterocycles. The number of methoxy groups -OCH3 is 1. The summed E-state index contributed by atoms with van der Waals surface area (Å²) in [5, 5.41) is -0.0137. The first-order valence-electron chi connectivity index (χ1n) is 4.94. The van der Waals surface area contributed by atoms with Gasteiger partial charge >= 0.3 is 0 Å². The number of benzene rings is 1. The zero-order chi connectivity index (χ0) is 12.3. The molecule has 0 atom stereocenters. The molecule has 0 aliphatic carbocycles. The largest absolute Gasteiger partial charge is 0.496 e. The number of nitrogens with zero attached hydrogens (tertiary/aromatic N) is 1. The van der Waals surface area contributed by atoms with Crippen LogP contribution in [0.3, 0.4) is 0 Å². The van der Waals surface area contributed by atoms with E-state index in [-0.39, 0.29) is 5.12 Å². The molecule has 0 amide bonds. The molecule has 0 unspecified atom stereocenters. The first-order valence-corrected chi connectivity index (χ1v) is 6.98. The molecule has 1 aliphatic heterocycles. The van der Waals surface area contributed by atoms with Crippen LogP contribution in [0.5, 0.6) is 5.75 Å². The van der Waals surface area contributed by atoms with Crippen LogP contribution in [0.2, 0.25) is 0 Å². The van der Waals surface area contributed by atoms with Crippen LogP contribution < -0.4 is 4.74 Å². The summed E-state index contributed by atoms with van der Waals surface area (Å²) in [5.41, 5.74) is 1.34. The van der Waals surface area contributed by atoms with Crippen molar-refractivity contribution in [3.05, 3.63) is 35.5 Å². The quantitative estimate of drug-likeness (QED) is 0.770. The van der Waals surface area contributed by atoms with Gasteiger partial charge in [0.1, 0.15) is 15.8 Å². The Morgan fingerprint density at radius 2 is 2.18 bits per heavy atom. The molecule has 5 heteroatoms. The Balaban J connectivity index is 2.36. The van der Waals surface area contributed by atoms with E-state index in [9.17, 15) is 4.79 Å². The summed E-state index contributed by atoms with van der Waals surface area (Å²) in [4.78, 5) is 15.9. The Hall–Kier alpha value is -1.20. The van der Waals surface area contributed by atoms with Crippen molar-refractivity contribution in [2.75, 3.05) is 13.4 Å². The Morgan fingerprint density at radius 3 is 2.82 bits per heavy atom. The Bertz CT molecular complexity index is 509. The van der Waals surface area contributed by atoms with Crippen molar-refractivity contribution in [1.82, 2.24) is 0 Å². The van der Waals surface area contributed by atoms with Crippen LogP contribution >= 0.6 is 23.5 Å². The number of aliphatic imine (C=N–C) groups is 1. The van der Waals surface area contributed by atoms with E-state index < -0.39 is 0 Å². The van der Waals surface area contributed by atoms with Gasteiger partial charge < -0.3 is 4.74 Å². The average molecular weight is 265 g/mol. The van der Waals surface area contributed by atoms with E-state index >= 15 is 0 Å². The number of carbonyl (C=O) groups excluding carboxylic acids is 1. The van der Waals surface area contributed by atoms with Crippen LogP contribution in [0.1, 0.15) is 5.56 Å². The van der Waals surface area contributed by atoms with Crippen LogP contribution in [0.15, 0.2) is 35.0 Å². The van der Waals surface area contributed by atoms with E-state index in [1.165, 1.54) is 23.5 Å². The normalized spacial score (nSPS) is 17.4. The smallest absolute Gasteiger partial charge is 0.244 e. The van der Waals surface area contributed by atoms with Gasteiger partial charge in [0.05, 0.1) is 7.11 Å². The Kier molecular flexibility index (Phi) is 3.91. The Morgan fingerprint density at radius 1 is 1.41 bits per heavy atom. The highest BCUT2D eigenvalue weighted by atomic mass is 32.2. The number of thioether (sulfide) groups is 2. The number of rotatable bonds is 2. The second-order valence-electron chi connectivity index (χ2n) is 3.24. The van der Waals surface area contributed by atoms with Gasteiger partial charge in [-0.1, -0.05) is 18.2 Å². The minimum absolute atomic E-state index is 0.0137. The number of hydrogen-bond donors (Lipinski definition) is 0. The predicted molar refractivity (Wildman–Crippen MR) is 74.5 cm³/mol. The van der Waals surface area contributed by atoms with Crippen LogP contribution in [0.4, 0.5) is 0 Å². The fourth-order valence-electron chi connectivity index (χ4n) is 1.41. The summed E-state index contributed by atoms with van der Waals surface area (Å²) < 4.78 is 6.02. The van der Waals surface area contributed by atoms with Gasteiger partial charge in [-0.05, 0) is 30.2 Å². The van der Waals surface area contributed by atoms with Crippen LogP contribution in [0.25, 0.3) is 6.08 Å². The molecule has 0 N–H and O–H groups in total. The zero-order valence-corrected chi connectivity index (χ0v) is 11.1. The van der Waals surface area contributed by atoms with E-state index in [0.717, 1.165) is 15.7 Å². The fourth-order valence-corrected chi connectivity index (χ4v) is 2.67. The lowest BCUT2D eigenvalue weighted by Gasteiger charge is -2.03. The topological polar surface area (TPSA) is 38.7 Å². The van der Waals surface area contributed by atoms with Gasteiger partial charge in [-0.3, -0.25) is 4.79 Å². The molecule has 0 aromatic heterocycles. The summed E-state index contributed by atoms with van der Waals surface area (Å²) in [5.74, 6) is 0.741. The van der Waals surface area contributed by atoms with Crippen molar-refractivity contribution in [1.29, 1.82) is 0 Å². The number of para-hydroxylation sites is 1. The molecule has 0 radical (unpaired) electrons. The number of ether oxygens (including phenoxy) is 1. The SMILES string of the molecule is COc1ccccc1/C=C1\N=C(SC)SC1=O. The molecule has 17 heavy (non-hydrogen) atoms. The summed E-state index contributed by atoms with van der Waals surface area (Å²) in [7, 11) is 1.61. The number of carbonyl (C=O) groups is 1. The lowest BCUT2D eigenvalue weighted by Crippen LogP contribution is -1.90. The van der Waals surface area contributed by atoms with Gasteiger partial charge in [-0.2, -0.15) is 0 Å². The molecule has 0 fully saturated rings. The number of hydrogen-bond acceptors (Lipinski definition) is 5. The van der Waals surface area contributed by atoms with E-state index in [2.05, 4.69) is 4.99 Å². The van der Waals surface area contributed by atoms with Crippen molar-refractivity contribution < 1.29 is 9.53 Å².